The van der Waals surface area contributed by atoms with Gasteiger partial charge in [-0.2, -0.15) is 0 Å². The Morgan fingerprint density at radius 3 is 2.42 bits per heavy atom. The molecule has 9 heteroatoms. The van der Waals surface area contributed by atoms with Gasteiger partial charge in [0.05, 0.1) is 5.69 Å². The maximum absolute atomic E-state index is 13.8. The molecule has 0 spiro atoms. The number of benzene rings is 1. The largest absolute Gasteiger partial charge is 0.474 e. The smallest absolute Gasteiger partial charge is 0.332 e. The molecular weight excluding hydrogens is 482 g/mol. The van der Waals surface area contributed by atoms with E-state index in [1.54, 1.807) is 4.57 Å². The first-order valence-corrected chi connectivity index (χ1v) is 13.3. The van der Waals surface area contributed by atoms with Crippen LogP contribution in [0.25, 0.3) is 22.6 Å². The molecule has 9 nitrogen and oxygen atoms in total. The number of aliphatic hydroxyl groups is 1. The van der Waals surface area contributed by atoms with Crippen LogP contribution in [0.3, 0.4) is 0 Å². The van der Waals surface area contributed by atoms with Gasteiger partial charge < -0.3 is 14.4 Å². The lowest BCUT2D eigenvalue weighted by Gasteiger charge is -2.33. The zero-order chi connectivity index (χ0) is 27.0. The highest BCUT2D eigenvalue weighted by atomic mass is 16.5. The van der Waals surface area contributed by atoms with E-state index in [0.717, 1.165) is 23.2 Å². The number of aromatic nitrogens is 5. The minimum Gasteiger partial charge on any atom is -0.474 e. The van der Waals surface area contributed by atoms with Crippen LogP contribution in [-0.2, 0) is 13.1 Å². The number of nitrogens with zero attached hydrogens (tertiary/aromatic N) is 5. The molecule has 3 aromatic heterocycles. The molecule has 1 N–H and O–H groups in total. The summed E-state index contributed by atoms with van der Waals surface area (Å²) >= 11 is 0. The second-order valence-electron chi connectivity index (χ2n) is 10.5. The molecule has 2 unspecified atom stereocenters. The third-order valence-corrected chi connectivity index (χ3v) is 7.42. The Morgan fingerprint density at radius 2 is 1.82 bits per heavy atom. The lowest BCUT2D eigenvalue weighted by atomic mass is 9.84. The van der Waals surface area contributed by atoms with Gasteiger partial charge in [-0.3, -0.25) is 13.9 Å². The summed E-state index contributed by atoms with van der Waals surface area (Å²) in [5.74, 6) is 1.68. The van der Waals surface area contributed by atoms with E-state index in [9.17, 15) is 14.7 Å². The maximum Gasteiger partial charge on any atom is 0.332 e. The zero-order valence-electron chi connectivity index (χ0n) is 22.4. The van der Waals surface area contributed by atoms with Crippen LogP contribution in [0.15, 0.2) is 52.1 Å². The van der Waals surface area contributed by atoms with E-state index in [0.29, 0.717) is 41.8 Å². The number of rotatable bonds is 9. The molecule has 5 rings (SSSR count). The summed E-state index contributed by atoms with van der Waals surface area (Å²) in [7, 11) is 0. The normalized spacial score (nSPS) is 17.2. The van der Waals surface area contributed by atoms with Crippen molar-refractivity contribution in [2.45, 2.75) is 72.2 Å². The number of pyridine rings is 1. The molecule has 1 aromatic carbocycles. The third-order valence-electron chi connectivity index (χ3n) is 7.42. The molecule has 1 aliphatic carbocycles. The lowest BCUT2D eigenvalue weighted by molar-refractivity contribution is 0.0534. The number of ether oxygens (including phenoxy) is 1. The van der Waals surface area contributed by atoms with Gasteiger partial charge in [-0.25, -0.2) is 14.8 Å². The Labute approximate surface area is 221 Å². The van der Waals surface area contributed by atoms with E-state index in [1.807, 2.05) is 67.8 Å². The van der Waals surface area contributed by atoms with Crippen LogP contribution in [0.4, 0.5) is 0 Å². The summed E-state index contributed by atoms with van der Waals surface area (Å²) < 4.78 is 10.8. The highest BCUT2D eigenvalue weighted by Gasteiger charge is 2.29. The van der Waals surface area contributed by atoms with Gasteiger partial charge in [-0.15, -0.1) is 0 Å². The monoisotopic (exact) mass is 517 g/mol. The van der Waals surface area contributed by atoms with Crippen LogP contribution in [0.5, 0.6) is 5.88 Å². The Balaban J connectivity index is 1.73. The number of aryl methyl sites for hydroxylation is 1. The lowest BCUT2D eigenvalue weighted by Crippen LogP contribution is -2.41. The van der Waals surface area contributed by atoms with Gasteiger partial charge in [-0.1, -0.05) is 37.3 Å². The fourth-order valence-electron chi connectivity index (χ4n) is 5.08. The molecule has 3 heterocycles. The fourth-order valence-corrected chi connectivity index (χ4v) is 5.08. The van der Waals surface area contributed by atoms with E-state index in [-0.39, 0.29) is 25.3 Å². The van der Waals surface area contributed by atoms with Crippen molar-refractivity contribution in [1.82, 2.24) is 23.7 Å². The number of hydrogen-bond donors (Lipinski definition) is 1. The standard InChI is InChI=1S/C29H35N5O4/c1-18(2)34-27-25(28(36)32(29(34)37)15-8-16-35)33(17-21-9-6-5-7-10-21)26(31-27)22-12-14-24(30-20(22)4)38-23-13-11-19(23)3/h5-7,9-10,12,14,18-19,23,35H,8,11,13,15-17H2,1-4H3. The highest BCUT2D eigenvalue weighted by Crippen LogP contribution is 2.32. The summed E-state index contributed by atoms with van der Waals surface area (Å²) in [5.41, 5.74) is 2.39. The summed E-state index contributed by atoms with van der Waals surface area (Å²) in [4.78, 5) is 36.8. The van der Waals surface area contributed by atoms with Crippen molar-refractivity contribution < 1.29 is 9.84 Å². The van der Waals surface area contributed by atoms with Crippen LogP contribution in [0, 0.1) is 12.8 Å². The van der Waals surface area contributed by atoms with E-state index >= 15 is 0 Å². The van der Waals surface area contributed by atoms with Gasteiger partial charge in [0.25, 0.3) is 5.56 Å². The van der Waals surface area contributed by atoms with Crippen molar-refractivity contribution >= 4 is 11.2 Å². The highest BCUT2D eigenvalue weighted by molar-refractivity contribution is 5.78. The summed E-state index contributed by atoms with van der Waals surface area (Å²) in [5, 5.41) is 9.39. The molecule has 4 aromatic rings. The molecule has 1 saturated carbocycles. The average molecular weight is 518 g/mol. The summed E-state index contributed by atoms with van der Waals surface area (Å²) in [6, 6.07) is 13.4. The molecule has 0 radical (unpaired) electrons. The number of hydrogen-bond acceptors (Lipinski definition) is 6. The molecule has 0 aliphatic heterocycles. The van der Waals surface area contributed by atoms with Gasteiger partial charge in [0.15, 0.2) is 11.2 Å². The molecule has 0 bridgehead atoms. The molecule has 1 aliphatic rings. The molecular formula is C29H35N5O4. The SMILES string of the molecule is Cc1nc(OC2CCC2C)ccc1-c1nc2c(c(=O)n(CCCO)c(=O)n2C(C)C)n1Cc1ccccc1. The second kappa shape index (κ2) is 10.6. The van der Waals surface area contributed by atoms with Crippen molar-refractivity contribution in [2.24, 2.45) is 5.92 Å². The first-order chi connectivity index (χ1) is 18.3. The third kappa shape index (κ3) is 4.67. The van der Waals surface area contributed by atoms with E-state index in [2.05, 4.69) is 6.92 Å². The van der Waals surface area contributed by atoms with Crippen LogP contribution in [0.1, 0.15) is 57.3 Å². The maximum atomic E-state index is 13.8. The quantitative estimate of drug-likeness (QED) is 0.361. The second-order valence-corrected chi connectivity index (χ2v) is 10.5. The molecule has 1 fully saturated rings. The first-order valence-electron chi connectivity index (χ1n) is 13.3. The molecule has 2 atom stereocenters. The predicted octanol–water partition coefficient (Wildman–Crippen LogP) is 3.92. The fraction of sp³-hybridized carbons (Fsp3) is 0.448. The van der Waals surface area contributed by atoms with E-state index in [1.165, 1.54) is 11.0 Å². The van der Waals surface area contributed by atoms with Gasteiger partial charge in [0.1, 0.15) is 11.9 Å². The van der Waals surface area contributed by atoms with E-state index in [4.69, 9.17) is 14.7 Å². The van der Waals surface area contributed by atoms with Gasteiger partial charge in [-0.05, 0) is 57.6 Å². The summed E-state index contributed by atoms with van der Waals surface area (Å²) in [6.07, 6.45) is 2.70. The minimum absolute atomic E-state index is 0.112. The Morgan fingerprint density at radius 1 is 1.05 bits per heavy atom. The van der Waals surface area contributed by atoms with Crippen LogP contribution in [0.2, 0.25) is 0 Å². The molecule has 0 saturated heterocycles. The number of aliphatic hydroxyl groups excluding tert-OH is 1. The van der Waals surface area contributed by atoms with Gasteiger partial charge in [0, 0.05) is 37.4 Å². The predicted molar refractivity (Wildman–Crippen MR) is 147 cm³/mol. The van der Waals surface area contributed by atoms with Crippen LogP contribution < -0.4 is 16.0 Å². The number of imidazole rings is 1. The molecule has 0 amide bonds. The average Bonchev–Trinajstić information content (AvgIpc) is 3.25. The zero-order valence-corrected chi connectivity index (χ0v) is 22.4. The molecule has 200 valence electrons. The van der Waals surface area contributed by atoms with Crippen molar-refractivity contribution in [3.8, 4) is 17.3 Å². The van der Waals surface area contributed by atoms with Gasteiger partial charge >= 0.3 is 5.69 Å². The van der Waals surface area contributed by atoms with Crippen molar-refractivity contribution in [3.05, 3.63) is 74.6 Å². The van der Waals surface area contributed by atoms with E-state index < -0.39 is 11.2 Å². The summed E-state index contributed by atoms with van der Waals surface area (Å²) in [6.45, 7) is 8.32. The Hall–Kier alpha value is -3.72. The topological polar surface area (TPSA) is 104 Å². The van der Waals surface area contributed by atoms with Crippen LogP contribution >= 0.6 is 0 Å². The Bertz CT molecular complexity index is 1570. The number of fused-ring (bicyclic) bond motifs is 1. The Kier molecular flexibility index (Phi) is 7.21. The molecule has 38 heavy (non-hydrogen) atoms. The van der Waals surface area contributed by atoms with Crippen molar-refractivity contribution in [2.75, 3.05) is 6.61 Å². The van der Waals surface area contributed by atoms with Crippen molar-refractivity contribution in [3.63, 3.8) is 0 Å². The van der Waals surface area contributed by atoms with Crippen molar-refractivity contribution in [1.29, 1.82) is 0 Å². The minimum atomic E-state index is -0.421. The van der Waals surface area contributed by atoms with Crippen LogP contribution in [-0.4, -0.2) is 41.5 Å². The first kappa shape index (κ1) is 25.9. The van der Waals surface area contributed by atoms with Gasteiger partial charge in [0.2, 0.25) is 5.88 Å².